The van der Waals surface area contributed by atoms with Gasteiger partial charge in [-0.2, -0.15) is 0 Å². The second-order valence-corrected chi connectivity index (χ2v) is 3.30. The molecule has 0 heterocycles. The van der Waals surface area contributed by atoms with Gasteiger partial charge in [0.05, 0.1) is 0 Å². The third kappa shape index (κ3) is 1.47. The Balaban J connectivity index is 2.91. The van der Waals surface area contributed by atoms with Gasteiger partial charge in [0.1, 0.15) is 0 Å². The lowest BCUT2D eigenvalue weighted by Gasteiger charge is -1.96. The molecule has 0 atom stereocenters. The van der Waals surface area contributed by atoms with Crippen LogP contribution in [0.5, 0.6) is 0 Å². The van der Waals surface area contributed by atoms with E-state index in [-0.39, 0.29) is 0 Å². The lowest BCUT2D eigenvalue weighted by atomic mass is 10.1. The second kappa shape index (κ2) is 3.51. The van der Waals surface area contributed by atoms with Gasteiger partial charge in [-0.3, -0.25) is 0 Å². The largest absolute Gasteiger partial charge is 0.0990 e. The molecular weight excluding hydrogens is 168 g/mol. The average molecular weight is 180 g/mol. The molecule has 14 heavy (non-hydrogen) atoms. The first kappa shape index (κ1) is 8.76. The fourth-order valence-electron chi connectivity index (χ4n) is 1.59. The van der Waals surface area contributed by atoms with E-state index in [1.807, 2.05) is 18.2 Å². The highest BCUT2D eigenvalue weighted by Crippen LogP contribution is 2.07. The summed E-state index contributed by atoms with van der Waals surface area (Å²) in [6.45, 7) is 7.70. The highest BCUT2D eigenvalue weighted by atomic mass is 13.9. The van der Waals surface area contributed by atoms with Crippen LogP contribution in [0.3, 0.4) is 0 Å². The zero-order valence-corrected chi connectivity index (χ0v) is 8.03. The van der Waals surface area contributed by atoms with Crippen molar-refractivity contribution in [3.63, 3.8) is 0 Å². The Morgan fingerprint density at radius 1 is 1.00 bits per heavy atom. The molecule has 0 saturated heterocycles. The first-order chi connectivity index (χ1) is 6.81. The molecule has 0 spiro atoms. The Morgan fingerprint density at radius 3 is 2.29 bits per heavy atom. The van der Waals surface area contributed by atoms with Gasteiger partial charge in [0, 0.05) is 0 Å². The van der Waals surface area contributed by atoms with Crippen LogP contribution in [0, 0.1) is 0 Å². The van der Waals surface area contributed by atoms with Crippen molar-refractivity contribution in [3.05, 3.63) is 59.5 Å². The van der Waals surface area contributed by atoms with Gasteiger partial charge in [0.25, 0.3) is 0 Å². The van der Waals surface area contributed by atoms with Crippen LogP contribution < -0.4 is 10.4 Å². The molecule has 2 rings (SSSR count). The minimum Gasteiger partial charge on any atom is -0.0990 e. The van der Waals surface area contributed by atoms with Crippen LogP contribution in [-0.4, -0.2) is 0 Å². The maximum atomic E-state index is 4.01. The van der Waals surface area contributed by atoms with E-state index in [9.17, 15) is 0 Å². The maximum absolute atomic E-state index is 4.01. The molecule has 0 fully saturated rings. The normalized spacial score (nSPS) is 11.9. The van der Waals surface area contributed by atoms with Crippen LogP contribution in [0.4, 0.5) is 0 Å². The quantitative estimate of drug-likeness (QED) is 0.631. The van der Waals surface area contributed by atoms with E-state index in [2.05, 4.69) is 37.4 Å². The predicted octanol–water partition coefficient (Wildman–Crippen LogP) is 2.22. The van der Waals surface area contributed by atoms with Crippen molar-refractivity contribution in [1.29, 1.82) is 0 Å². The highest BCUT2D eigenvalue weighted by Gasteiger charge is 1.90. The topological polar surface area (TPSA) is 0 Å². The number of benzene rings is 2. The Kier molecular flexibility index (Phi) is 2.19. The number of fused-ring (bicyclic) bond motifs is 1. The van der Waals surface area contributed by atoms with Crippen molar-refractivity contribution in [1.82, 2.24) is 0 Å². The van der Waals surface area contributed by atoms with Gasteiger partial charge in [-0.15, -0.1) is 0 Å². The molecule has 0 radical (unpaired) electrons. The van der Waals surface area contributed by atoms with E-state index < -0.39 is 0 Å². The molecule has 0 bridgehead atoms. The third-order valence-electron chi connectivity index (χ3n) is 2.30. The van der Waals surface area contributed by atoms with E-state index in [4.69, 9.17) is 0 Å². The Hall–Kier alpha value is -1.82. The van der Waals surface area contributed by atoms with Crippen LogP contribution in [-0.2, 0) is 0 Å². The monoisotopic (exact) mass is 180 g/mol. The van der Waals surface area contributed by atoms with Crippen molar-refractivity contribution in [3.8, 4) is 0 Å². The van der Waals surface area contributed by atoms with Gasteiger partial charge in [-0.1, -0.05) is 49.6 Å². The minimum absolute atomic E-state index is 1.05. The van der Waals surface area contributed by atoms with Crippen molar-refractivity contribution >= 4 is 23.4 Å². The molecule has 2 aromatic rings. The number of hydrogen-bond donors (Lipinski definition) is 0. The van der Waals surface area contributed by atoms with Gasteiger partial charge >= 0.3 is 0 Å². The molecule has 0 unspecified atom stereocenters. The first-order valence-corrected chi connectivity index (χ1v) is 4.62. The van der Waals surface area contributed by atoms with Crippen LogP contribution in [0.1, 0.15) is 0 Å². The molecule has 0 heteroatoms. The van der Waals surface area contributed by atoms with E-state index in [1.54, 1.807) is 6.08 Å². The van der Waals surface area contributed by atoms with Gasteiger partial charge in [-0.25, -0.2) is 0 Å². The van der Waals surface area contributed by atoms with Gasteiger partial charge in [0.15, 0.2) is 0 Å². The molecule has 0 aromatic heterocycles. The molecule has 0 aliphatic rings. The number of allylic oxidation sites excluding steroid dienone is 1. The average Bonchev–Trinajstić information content (AvgIpc) is 2.19. The molecule has 0 aliphatic carbocycles. The Labute approximate surface area is 83.5 Å². The van der Waals surface area contributed by atoms with Crippen LogP contribution in [0.2, 0.25) is 0 Å². The summed E-state index contributed by atoms with van der Waals surface area (Å²) in [5.74, 6) is 0. The summed E-state index contributed by atoms with van der Waals surface area (Å²) in [7, 11) is 0. The SMILES string of the molecule is C=C/C=c1/cc2ccccc2cc1=C. The highest BCUT2D eigenvalue weighted by molar-refractivity contribution is 5.82. The van der Waals surface area contributed by atoms with Crippen LogP contribution >= 0.6 is 0 Å². The molecule has 68 valence electrons. The van der Waals surface area contributed by atoms with Gasteiger partial charge in [0.2, 0.25) is 0 Å². The van der Waals surface area contributed by atoms with Crippen LogP contribution in [0.25, 0.3) is 23.4 Å². The van der Waals surface area contributed by atoms with Crippen molar-refractivity contribution in [2.24, 2.45) is 0 Å². The second-order valence-electron chi connectivity index (χ2n) is 3.30. The summed E-state index contributed by atoms with van der Waals surface area (Å²) in [6, 6.07) is 12.5. The molecule has 0 saturated carbocycles. The van der Waals surface area contributed by atoms with Crippen molar-refractivity contribution in [2.75, 3.05) is 0 Å². The van der Waals surface area contributed by atoms with Gasteiger partial charge < -0.3 is 0 Å². The van der Waals surface area contributed by atoms with E-state index in [0.29, 0.717) is 0 Å². The minimum atomic E-state index is 1.05. The Bertz CT molecular complexity index is 577. The Morgan fingerprint density at radius 2 is 1.64 bits per heavy atom. The summed E-state index contributed by atoms with van der Waals surface area (Å²) in [5.41, 5.74) is 0. The first-order valence-electron chi connectivity index (χ1n) is 4.62. The maximum Gasteiger partial charge on any atom is -0.0178 e. The van der Waals surface area contributed by atoms with Gasteiger partial charge in [-0.05, 0) is 33.3 Å². The number of hydrogen-bond acceptors (Lipinski definition) is 0. The lowest BCUT2D eigenvalue weighted by molar-refractivity contribution is 1.58. The fraction of sp³-hybridized carbons (Fsp3) is 0. The lowest BCUT2D eigenvalue weighted by Crippen LogP contribution is -2.21. The smallest absolute Gasteiger partial charge is 0.0178 e. The van der Waals surface area contributed by atoms with E-state index in [1.165, 1.54) is 10.8 Å². The zero-order valence-electron chi connectivity index (χ0n) is 8.03. The summed E-state index contributed by atoms with van der Waals surface area (Å²) in [4.78, 5) is 0. The van der Waals surface area contributed by atoms with E-state index in [0.717, 1.165) is 10.4 Å². The summed E-state index contributed by atoms with van der Waals surface area (Å²) in [5, 5.41) is 4.66. The summed E-state index contributed by atoms with van der Waals surface area (Å²) in [6.07, 6.45) is 3.77. The molecule has 0 aliphatic heterocycles. The third-order valence-corrected chi connectivity index (χ3v) is 2.30. The fourth-order valence-corrected chi connectivity index (χ4v) is 1.59. The predicted molar refractivity (Wildman–Crippen MR) is 63.4 cm³/mol. The summed E-state index contributed by atoms with van der Waals surface area (Å²) < 4.78 is 0. The summed E-state index contributed by atoms with van der Waals surface area (Å²) >= 11 is 0. The van der Waals surface area contributed by atoms with E-state index >= 15 is 0 Å². The van der Waals surface area contributed by atoms with Crippen molar-refractivity contribution in [2.45, 2.75) is 0 Å². The molecule has 2 aromatic carbocycles. The molecule has 0 nitrogen and oxygen atoms in total. The van der Waals surface area contributed by atoms with Crippen LogP contribution in [0.15, 0.2) is 49.1 Å². The standard InChI is InChI=1S/C14H12/c1-3-6-12-10-14-8-5-4-7-13(14)9-11(12)2/h3-10H,1-2H2/b12-6-. The molecular formula is C14H12. The molecule has 0 N–H and O–H groups in total. The molecule has 0 amide bonds. The van der Waals surface area contributed by atoms with Crippen molar-refractivity contribution < 1.29 is 0 Å². The number of rotatable bonds is 1. The zero-order chi connectivity index (χ0) is 9.97.